The van der Waals surface area contributed by atoms with Crippen LogP contribution in [0, 0.1) is 5.92 Å². The van der Waals surface area contributed by atoms with Gasteiger partial charge in [0.05, 0.1) is 18.6 Å². The zero-order valence-corrected chi connectivity index (χ0v) is 20.0. The molecule has 4 fully saturated rings. The van der Waals surface area contributed by atoms with E-state index in [1.807, 2.05) is 17.9 Å². The fourth-order valence-corrected chi connectivity index (χ4v) is 6.34. The molecule has 0 aromatic carbocycles. The zero-order valence-electron chi connectivity index (χ0n) is 20.0. The number of carbonyl (C=O) groups is 2. The number of aromatic nitrogens is 2. The molecule has 0 radical (unpaired) electrons. The molecule has 34 heavy (non-hydrogen) atoms. The van der Waals surface area contributed by atoms with Crippen LogP contribution in [0.2, 0.25) is 0 Å². The highest BCUT2D eigenvalue weighted by atomic mass is 16.6. The van der Waals surface area contributed by atoms with Gasteiger partial charge in [-0.15, -0.1) is 0 Å². The van der Waals surface area contributed by atoms with Crippen LogP contribution in [0.1, 0.15) is 51.9 Å². The van der Waals surface area contributed by atoms with Crippen LogP contribution in [-0.2, 0) is 14.3 Å². The third kappa shape index (κ3) is 4.52. The minimum atomic E-state index is -0.159. The first-order valence-electron chi connectivity index (χ1n) is 12.8. The SMILES string of the molecule is CCOC(=O)C1CCN(C2CCCC3C2OC(=O)N3C2CCN(c3ccnc(N)n3)CC2)CC1. The molecule has 0 spiro atoms. The molecule has 10 heteroatoms. The lowest BCUT2D eigenvalue weighted by Crippen LogP contribution is -2.56. The number of nitrogen functional groups attached to an aromatic ring is 1. The summed E-state index contributed by atoms with van der Waals surface area (Å²) >= 11 is 0. The van der Waals surface area contributed by atoms with E-state index in [1.165, 1.54) is 0 Å². The number of nitrogens with zero attached hydrogens (tertiary/aromatic N) is 5. The van der Waals surface area contributed by atoms with Crippen molar-refractivity contribution in [1.29, 1.82) is 0 Å². The van der Waals surface area contributed by atoms with Crippen molar-refractivity contribution in [3.63, 3.8) is 0 Å². The van der Waals surface area contributed by atoms with Crippen LogP contribution >= 0.6 is 0 Å². The predicted molar refractivity (Wildman–Crippen MR) is 126 cm³/mol. The van der Waals surface area contributed by atoms with Gasteiger partial charge < -0.3 is 20.1 Å². The van der Waals surface area contributed by atoms with Crippen LogP contribution in [0.3, 0.4) is 0 Å². The third-order valence-electron chi connectivity index (χ3n) is 8.02. The average molecular weight is 473 g/mol. The number of hydrogen-bond donors (Lipinski definition) is 1. The number of nitrogens with two attached hydrogens (primary N) is 1. The largest absolute Gasteiger partial charge is 0.466 e. The molecule has 1 saturated carbocycles. The number of hydrogen-bond acceptors (Lipinski definition) is 9. The molecule has 0 bridgehead atoms. The molecular formula is C24H36N6O4. The molecule has 10 nitrogen and oxygen atoms in total. The summed E-state index contributed by atoms with van der Waals surface area (Å²) in [5.41, 5.74) is 5.75. The van der Waals surface area contributed by atoms with Crippen molar-refractivity contribution in [2.45, 2.75) is 76.1 Å². The van der Waals surface area contributed by atoms with Gasteiger partial charge in [0.25, 0.3) is 0 Å². The number of rotatable bonds is 5. The fraction of sp³-hybridized carbons (Fsp3) is 0.750. The van der Waals surface area contributed by atoms with Gasteiger partial charge in [0.15, 0.2) is 0 Å². The van der Waals surface area contributed by atoms with Gasteiger partial charge in [-0.3, -0.25) is 14.6 Å². The van der Waals surface area contributed by atoms with Crippen molar-refractivity contribution in [2.24, 2.45) is 5.92 Å². The van der Waals surface area contributed by atoms with Crippen molar-refractivity contribution < 1.29 is 19.1 Å². The summed E-state index contributed by atoms with van der Waals surface area (Å²) < 4.78 is 11.3. The number of anilines is 2. The number of carbonyl (C=O) groups excluding carboxylic acids is 2. The summed E-state index contributed by atoms with van der Waals surface area (Å²) in [5, 5.41) is 0. The van der Waals surface area contributed by atoms with E-state index in [0.29, 0.717) is 6.61 Å². The molecule has 3 unspecified atom stereocenters. The topological polar surface area (TPSA) is 114 Å². The van der Waals surface area contributed by atoms with Gasteiger partial charge in [0.1, 0.15) is 11.9 Å². The second kappa shape index (κ2) is 9.93. The van der Waals surface area contributed by atoms with Gasteiger partial charge in [0.2, 0.25) is 5.95 Å². The van der Waals surface area contributed by atoms with Crippen molar-refractivity contribution in [1.82, 2.24) is 19.8 Å². The van der Waals surface area contributed by atoms with Crippen LogP contribution < -0.4 is 10.6 Å². The van der Waals surface area contributed by atoms with Crippen LogP contribution in [0.4, 0.5) is 16.6 Å². The van der Waals surface area contributed by atoms with Gasteiger partial charge in [-0.05, 0) is 71.0 Å². The van der Waals surface area contributed by atoms with Crippen LogP contribution in [0.5, 0.6) is 0 Å². The first-order chi connectivity index (χ1) is 16.5. The Bertz CT molecular complexity index is 884. The molecule has 5 rings (SSSR count). The Morgan fingerprint density at radius 2 is 1.85 bits per heavy atom. The summed E-state index contributed by atoms with van der Waals surface area (Å²) in [4.78, 5) is 40.2. The van der Waals surface area contributed by atoms with E-state index in [0.717, 1.165) is 76.9 Å². The minimum absolute atomic E-state index is 0.00589. The van der Waals surface area contributed by atoms with E-state index >= 15 is 0 Å². The van der Waals surface area contributed by atoms with Gasteiger partial charge in [0, 0.05) is 31.4 Å². The Morgan fingerprint density at radius 3 is 2.56 bits per heavy atom. The monoisotopic (exact) mass is 472 g/mol. The van der Waals surface area contributed by atoms with Crippen molar-refractivity contribution in [3.05, 3.63) is 12.3 Å². The van der Waals surface area contributed by atoms with Gasteiger partial charge in [-0.1, -0.05) is 0 Å². The quantitative estimate of drug-likeness (QED) is 0.643. The van der Waals surface area contributed by atoms with Crippen LogP contribution in [0.15, 0.2) is 12.3 Å². The Hall–Kier alpha value is -2.62. The van der Waals surface area contributed by atoms with Crippen LogP contribution in [-0.4, -0.2) is 88.8 Å². The Balaban J connectivity index is 1.20. The number of fused-ring (bicyclic) bond motifs is 1. The maximum atomic E-state index is 13.1. The van der Waals surface area contributed by atoms with E-state index in [1.54, 1.807) is 6.20 Å². The molecule has 186 valence electrons. The standard InChI is InChI=1S/C24H36N6O4/c1-2-33-22(31)16-7-12-28(13-8-16)18-4-3-5-19-21(18)34-24(32)30(19)17-9-14-29(15-10-17)20-6-11-26-23(25)27-20/h6,11,16-19,21H,2-5,7-10,12-15H2,1H3,(H2,25,26,27). The molecule has 3 saturated heterocycles. The minimum Gasteiger partial charge on any atom is -0.466 e. The maximum Gasteiger partial charge on any atom is 0.410 e. The van der Waals surface area contributed by atoms with Gasteiger partial charge >= 0.3 is 12.1 Å². The number of amides is 1. The fourth-order valence-electron chi connectivity index (χ4n) is 6.34. The summed E-state index contributed by atoms with van der Waals surface area (Å²) in [7, 11) is 0. The van der Waals surface area contributed by atoms with Gasteiger partial charge in [-0.25, -0.2) is 9.78 Å². The zero-order chi connectivity index (χ0) is 23.7. The summed E-state index contributed by atoms with van der Waals surface area (Å²) in [6.45, 7) is 5.65. The number of likely N-dealkylation sites (tertiary alicyclic amines) is 1. The first kappa shape index (κ1) is 23.1. The van der Waals surface area contributed by atoms with E-state index in [9.17, 15) is 9.59 Å². The normalized spacial score (nSPS) is 29.1. The molecular weight excluding hydrogens is 436 g/mol. The summed E-state index contributed by atoms with van der Waals surface area (Å²) in [5.74, 6) is 1.05. The van der Waals surface area contributed by atoms with E-state index in [4.69, 9.17) is 15.2 Å². The maximum absolute atomic E-state index is 13.1. The number of esters is 1. The average Bonchev–Trinajstić information content (AvgIpc) is 3.20. The second-order valence-corrected chi connectivity index (χ2v) is 9.87. The van der Waals surface area contributed by atoms with Crippen molar-refractivity contribution in [3.8, 4) is 0 Å². The Morgan fingerprint density at radius 1 is 1.12 bits per heavy atom. The highest BCUT2D eigenvalue weighted by molar-refractivity contribution is 5.72. The lowest BCUT2D eigenvalue weighted by molar-refractivity contribution is -0.150. The van der Waals surface area contributed by atoms with Crippen molar-refractivity contribution >= 4 is 23.8 Å². The Labute approximate surface area is 200 Å². The van der Waals surface area contributed by atoms with E-state index in [-0.39, 0.29) is 48.2 Å². The molecule has 2 N–H and O–H groups in total. The summed E-state index contributed by atoms with van der Waals surface area (Å²) in [6.07, 6.45) is 7.98. The smallest absolute Gasteiger partial charge is 0.410 e. The molecule has 1 amide bonds. The lowest BCUT2D eigenvalue weighted by Gasteiger charge is -2.44. The summed E-state index contributed by atoms with van der Waals surface area (Å²) in [6, 6.07) is 2.44. The van der Waals surface area contributed by atoms with Gasteiger partial charge in [-0.2, -0.15) is 4.98 Å². The highest BCUT2D eigenvalue weighted by Crippen LogP contribution is 2.39. The van der Waals surface area contributed by atoms with E-state index < -0.39 is 0 Å². The predicted octanol–water partition coefficient (Wildman–Crippen LogP) is 2.04. The molecule has 1 aromatic rings. The van der Waals surface area contributed by atoms with E-state index in [2.05, 4.69) is 19.8 Å². The number of ether oxygens (including phenoxy) is 2. The first-order valence-corrected chi connectivity index (χ1v) is 12.8. The Kier molecular flexibility index (Phi) is 6.76. The molecule has 4 aliphatic rings. The lowest BCUT2D eigenvalue weighted by atomic mass is 9.84. The molecule has 4 heterocycles. The second-order valence-electron chi connectivity index (χ2n) is 9.87. The number of piperidine rings is 2. The third-order valence-corrected chi connectivity index (χ3v) is 8.02. The van der Waals surface area contributed by atoms with Crippen LogP contribution in [0.25, 0.3) is 0 Å². The molecule has 1 aliphatic carbocycles. The molecule has 3 atom stereocenters. The van der Waals surface area contributed by atoms with Crippen molar-refractivity contribution in [2.75, 3.05) is 43.4 Å². The highest BCUT2D eigenvalue weighted by Gasteiger charge is 2.51. The molecule has 1 aromatic heterocycles. The molecule has 3 aliphatic heterocycles.